The van der Waals surface area contributed by atoms with E-state index in [2.05, 4.69) is 15.9 Å². The van der Waals surface area contributed by atoms with Gasteiger partial charge in [-0.25, -0.2) is 0 Å². The first-order valence-corrected chi connectivity index (χ1v) is 5.52. The summed E-state index contributed by atoms with van der Waals surface area (Å²) in [7, 11) is -4.33. The van der Waals surface area contributed by atoms with Crippen LogP contribution in [0.1, 0.15) is 13.3 Å². The Morgan fingerprint density at radius 1 is 1.24 bits per heavy atom. The molecule has 0 aromatic rings. The van der Waals surface area contributed by atoms with Crippen molar-refractivity contribution in [3.05, 3.63) is 0 Å². The predicted octanol–water partition coefficient (Wildman–Crippen LogP) is -11.3. The number of carbonyl (C=O) groups excluding carboxylic acids is 2. The summed E-state index contributed by atoms with van der Waals surface area (Å²) in [6, 6.07) is 0. The second-order valence-electron chi connectivity index (χ2n) is 1.76. The number of hydrogen-bond acceptors (Lipinski definition) is 8. The fourth-order valence-corrected chi connectivity index (χ4v) is 0.330. The van der Waals surface area contributed by atoms with Gasteiger partial charge in [0.15, 0.2) is 0 Å². The molecule has 0 spiro atoms. The van der Waals surface area contributed by atoms with E-state index in [0.29, 0.717) is 0 Å². The molecule has 0 fully saturated rings. The van der Waals surface area contributed by atoms with Gasteiger partial charge in [0, 0.05) is 0 Å². The Labute approximate surface area is 171 Å². The summed E-state index contributed by atoms with van der Waals surface area (Å²) in [5, 5.41) is 9.67. The van der Waals surface area contributed by atoms with Crippen LogP contribution in [0.15, 0.2) is 0 Å². The van der Waals surface area contributed by atoms with Gasteiger partial charge in [0.1, 0.15) is 0 Å². The maximum atomic E-state index is 10.2. The van der Waals surface area contributed by atoms with Gasteiger partial charge >= 0.3 is 94.6 Å². The third kappa shape index (κ3) is 56.4. The van der Waals surface area contributed by atoms with E-state index in [9.17, 15) is 14.7 Å². The Morgan fingerprint density at radius 3 is 1.71 bits per heavy atom. The molecular formula is C5H7Na3O7S2. The van der Waals surface area contributed by atoms with Crippen molar-refractivity contribution < 1.29 is 121 Å². The van der Waals surface area contributed by atoms with Gasteiger partial charge in [-0.15, -0.1) is 9.05 Å². The third-order valence-corrected chi connectivity index (χ3v) is 0.594. The number of aliphatic carboxylic acids is 1. The Balaban J connectivity index is -0.0000000533. The summed E-state index contributed by atoms with van der Waals surface area (Å²) in [5.74, 6) is -2.16. The van der Waals surface area contributed by atoms with Crippen molar-refractivity contribution in [2.24, 2.45) is 0 Å². The fraction of sp³-hybridized carbons (Fsp3) is 0.600. The summed E-state index contributed by atoms with van der Waals surface area (Å²) >= 11 is 3.24. The number of hydrogen-bond donors (Lipinski definition) is 0. The third-order valence-electron chi connectivity index (χ3n) is 0.594. The quantitative estimate of drug-likeness (QED) is 0.285. The van der Waals surface area contributed by atoms with E-state index in [0.717, 1.165) is 0 Å². The van der Waals surface area contributed by atoms with Crippen LogP contribution in [-0.2, 0) is 34.6 Å². The van der Waals surface area contributed by atoms with E-state index in [1.165, 1.54) is 0 Å². The zero-order chi connectivity index (χ0) is 11.8. The number of carbonyl (C=O) groups is 2. The molecule has 0 saturated heterocycles. The Morgan fingerprint density at radius 2 is 1.53 bits per heavy atom. The van der Waals surface area contributed by atoms with Gasteiger partial charge in [-0.3, -0.25) is 9.00 Å². The maximum absolute atomic E-state index is 10.2. The van der Waals surface area contributed by atoms with E-state index in [4.69, 9.17) is 13.3 Å². The van der Waals surface area contributed by atoms with Crippen LogP contribution in [0.2, 0.25) is 0 Å². The topological polar surface area (TPSA) is 130 Å². The first-order valence-electron chi connectivity index (χ1n) is 3.19. The molecule has 0 aliphatic carbocycles. The molecular weight excluding hydrogens is 305 g/mol. The molecule has 0 bridgehead atoms. The summed E-state index contributed by atoms with van der Waals surface area (Å²) in [6.45, 7) is 1.80. The van der Waals surface area contributed by atoms with Crippen molar-refractivity contribution in [2.75, 3.05) is 6.61 Å². The minimum Gasteiger partial charge on any atom is -0.780 e. The van der Waals surface area contributed by atoms with Crippen LogP contribution in [0, 0.1) is 0 Å². The summed E-state index contributed by atoms with van der Waals surface area (Å²) < 4.78 is 31.0. The zero-order valence-corrected chi connectivity index (χ0v) is 17.7. The van der Waals surface area contributed by atoms with E-state index in [1.807, 2.05) is 0 Å². The average molecular weight is 312 g/mol. The molecule has 17 heavy (non-hydrogen) atoms. The van der Waals surface area contributed by atoms with Crippen LogP contribution in [0.5, 0.6) is 0 Å². The van der Waals surface area contributed by atoms with Crippen molar-refractivity contribution in [1.29, 1.82) is 0 Å². The molecule has 12 heteroatoms. The molecule has 0 N–H and O–H groups in total. The molecule has 0 aromatic heterocycles. The molecule has 84 valence electrons. The molecule has 0 saturated carbocycles. The van der Waals surface area contributed by atoms with Gasteiger partial charge < -0.3 is 23.7 Å². The molecule has 0 amide bonds. The number of carboxylic acid groups (broad SMARTS) is 1. The van der Waals surface area contributed by atoms with Gasteiger partial charge in [0.05, 0.1) is 19.0 Å². The van der Waals surface area contributed by atoms with Gasteiger partial charge in [0.25, 0.3) is 0 Å². The van der Waals surface area contributed by atoms with Crippen LogP contribution in [0.4, 0.5) is 0 Å². The Bertz CT molecular complexity index is 284. The standard InChI is InChI=1S/C5H8O4.3Na.H2O3S2/c1-2-9-5(8)3-4(6)7;;;;1-5(2,3)4/h2-3H2,1H3,(H,6,7);;;;(H2,1,2,3,4)/q;3*+1;/p-3. The van der Waals surface area contributed by atoms with Crippen molar-refractivity contribution >= 4 is 32.2 Å². The summed E-state index contributed by atoms with van der Waals surface area (Å²) in [4.78, 5) is 19.9. The first-order chi connectivity index (χ1) is 6.16. The average Bonchev–Trinajstić information content (AvgIpc) is 1.80. The van der Waals surface area contributed by atoms with Gasteiger partial charge in [-0.05, 0) is 18.1 Å². The Kier molecular flexibility index (Phi) is 33.8. The molecule has 0 radical (unpaired) electrons. The molecule has 0 aliphatic heterocycles. The van der Waals surface area contributed by atoms with Crippen LogP contribution >= 0.6 is 0 Å². The first kappa shape index (κ1) is 31.6. The number of ether oxygens (including phenoxy) is 1. The zero-order valence-electron chi connectivity index (χ0n) is 10.1. The van der Waals surface area contributed by atoms with E-state index < -0.39 is 27.4 Å². The van der Waals surface area contributed by atoms with Crippen molar-refractivity contribution in [2.45, 2.75) is 13.3 Å². The molecule has 0 heterocycles. The van der Waals surface area contributed by atoms with Crippen LogP contribution in [-0.4, -0.2) is 31.9 Å². The monoisotopic (exact) mass is 312 g/mol. The van der Waals surface area contributed by atoms with E-state index in [-0.39, 0.29) is 95.3 Å². The van der Waals surface area contributed by atoms with Crippen molar-refractivity contribution in [1.82, 2.24) is 0 Å². The molecule has 0 rings (SSSR count). The maximum Gasteiger partial charge on any atom is 1.00 e. The van der Waals surface area contributed by atoms with Gasteiger partial charge in [0.2, 0.25) is 0 Å². The normalized spacial score (nSPS) is 7.94. The largest absolute Gasteiger partial charge is 1.00 e. The second-order valence-corrected chi connectivity index (χ2v) is 3.80. The van der Waals surface area contributed by atoms with Crippen LogP contribution in [0.3, 0.4) is 0 Å². The minimum absolute atomic E-state index is 0. The number of carboxylic acids is 1. The smallest absolute Gasteiger partial charge is 0.780 e. The summed E-state index contributed by atoms with van der Waals surface area (Å²) in [6.07, 6.45) is -0.659. The van der Waals surface area contributed by atoms with Gasteiger partial charge in [-0.2, -0.15) is 0 Å². The van der Waals surface area contributed by atoms with Crippen LogP contribution < -0.4 is 93.8 Å². The predicted molar refractivity (Wildman–Crippen MR) is 43.3 cm³/mol. The molecule has 0 aliphatic rings. The second kappa shape index (κ2) is 18.2. The molecule has 0 unspecified atom stereocenters. The summed E-state index contributed by atoms with van der Waals surface area (Å²) in [5.41, 5.74) is 0. The minimum atomic E-state index is -4.33. The van der Waals surface area contributed by atoms with Crippen LogP contribution in [0.25, 0.3) is 0 Å². The van der Waals surface area contributed by atoms with E-state index in [1.54, 1.807) is 6.92 Å². The number of rotatable bonds is 3. The van der Waals surface area contributed by atoms with Crippen molar-refractivity contribution in [3.8, 4) is 0 Å². The Hall–Kier alpha value is 2.23. The molecule has 0 atom stereocenters. The number of esters is 1. The fourth-order valence-electron chi connectivity index (χ4n) is 0.330. The molecule has 0 aromatic carbocycles. The molecule has 7 nitrogen and oxygen atoms in total. The van der Waals surface area contributed by atoms with E-state index >= 15 is 0 Å². The van der Waals surface area contributed by atoms with Crippen molar-refractivity contribution in [3.63, 3.8) is 0 Å². The van der Waals surface area contributed by atoms with Gasteiger partial charge in [-0.1, -0.05) is 0 Å². The SMILES string of the molecule is CCOC(=O)CC(=O)[O-].O=S([O-])([O-])=S.[Na+].[Na+].[Na+].